The van der Waals surface area contributed by atoms with Gasteiger partial charge in [0.2, 0.25) is 17.6 Å². The zero-order valence-electron chi connectivity index (χ0n) is 17.6. The van der Waals surface area contributed by atoms with Gasteiger partial charge in [-0.05, 0) is 54.8 Å². The largest absolute Gasteiger partial charge is 0.497 e. The fourth-order valence-electron chi connectivity index (χ4n) is 4.01. The second-order valence-corrected chi connectivity index (χ2v) is 7.74. The van der Waals surface area contributed by atoms with Crippen LogP contribution in [0.4, 0.5) is 4.39 Å². The van der Waals surface area contributed by atoms with Gasteiger partial charge in [0.1, 0.15) is 11.6 Å². The van der Waals surface area contributed by atoms with Crippen LogP contribution in [-0.4, -0.2) is 34.6 Å². The monoisotopic (exact) mass is 423 g/mol. The molecule has 1 fully saturated rings. The number of halogens is 1. The SMILES string of the molecule is COc1ccc([C@H]2CCCCCN2C(=O)CCc2nc(-c3ccc(F)cc3)no2)cc1. The summed E-state index contributed by atoms with van der Waals surface area (Å²) < 4.78 is 23.7. The fourth-order valence-corrected chi connectivity index (χ4v) is 4.01. The summed E-state index contributed by atoms with van der Waals surface area (Å²) in [5.41, 5.74) is 1.81. The first-order chi connectivity index (χ1) is 15.1. The van der Waals surface area contributed by atoms with Crippen molar-refractivity contribution >= 4 is 5.91 Å². The standard InChI is InChI=1S/C24H26FN3O3/c1-30-20-12-8-17(9-13-20)21-5-3-2-4-16-28(21)23(29)15-14-22-26-24(27-31-22)18-6-10-19(25)11-7-18/h6-13,21H,2-5,14-16H2,1H3/t21-/m1/s1. The van der Waals surface area contributed by atoms with E-state index in [0.717, 1.165) is 43.5 Å². The van der Waals surface area contributed by atoms with Crippen LogP contribution in [0.3, 0.4) is 0 Å². The average Bonchev–Trinajstić information content (AvgIpc) is 3.14. The number of carbonyl (C=O) groups excluding carboxylic acids is 1. The lowest BCUT2D eigenvalue weighted by Gasteiger charge is -2.30. The third-order valence-corrected chi connectivity index (χ3v) is 5.70. The number of amides is 1. The first-order valence-corrected chi connectivity index (χ1v) is 10.7. The number of likely N-dealkylation sites (tertiary alicyclic amines) is 1. The first kappa shape index (κ1) is 21.0. The molecule has 2 aromatic carbocycles. The van der Waals surface area contributed by atoms with E-state index >= 15 is 0 Å². The van der Waals surface area contributed by atoms with Crippen LogP contribution < -0.4 is 4.74 Å². The molecule has 1 atom stereocenters. The molecule has 2 heterocycles. The van der Waals surface area contributed by atoms with Crippen molar-refractivity contribution in [3.63, 3.8) is 0 Å². The number of nitrogens with zero attached hydrogens (tertiary/aromatic N) is 3. The number of hydrogen-bond acceptors (Lipinski definition) is 5. The molecule has 1 aliphatic heterocycles. The number of methoxy groups -OCH3 is 1. The highest BCUT2D eigenvalue weighted by Crippen LogP contribution is 2.32. The number of benzene rings is 2. The second kappa shape index (κ2) is 9.73. The molecule has 4 rings (SSSR count). The Bertz CT molecular complexity index is 1000. The van der Waals surface area contributed by atoms with Gasteiger partial charge in [0, 0.05) is 24.9 Å². The molecule has 0 saturated carbocycles. The minimum atomic E-state index is -0.318. The van der Waals surface area contributed by atoms with Gasteiger partial charge in [-0.3, -0.25) is 4.79 Å². The molecule has 31 heavy (non-hydrogen) atoms. The van der Waals surface area contributed by atoms with E-state index in [0.29, 0.717) is 30.1 Å². The Morgan fingerprint density at radius 1 is 1.13 bits per heavy atom. The van der Waals surface area contributed by atoms with Crippen LogP contribution in [0.15, 0.2) is 53.1 Å². The predicted molar refractivity (Wildman–Crippen MR) is 114 cm³/mol. The molecule has 1 amide bonds. The van der Waals surface area contributed by atoms with E-state index in [9.17, 15) is 9.18 Å². The lowest BCUT2D eigenvalue weighted by molar-refractivity contribution is -0.133. The number of carbonyl (C=O) groups is 1. The van der Waals surface area contributed by atoms with Crippen molar-refractivity contribution in [3.8, 4) is 17.1 Å². The highest BCUT2D eigenvalue weighted by atomic mass is 19.1. The van der Waals surface area contributed by atoms with Gasteiger partial charge in [-0.25, -0.2) is 4.39 Å². The molecule has 1 saturated heterocycles. The third kappa shape index (κ3) is 5.10. The third-order valence-electron chi connectivity index (χ3n) is 5.70. The summed E-state index contributed by atoms with van der Waals surface area (Å²) >= 11 is 0. The lowest BCUT2D eigenvalue weighted by Crippen LogP contribution is -2.35. The maximum atomic E-state index is 13.1. The average molecular weight is 423 g/mol. The molecule has 1 aromatic heterocycles. The zero-order valence-corrected chi connectivity index (χ0v) is 17.6. The van der Waals surface area contributed by atoms with Gasteiger partial charge < -0.3 is 14.2 Å². The van der Waals surface area contributed by atoms with Crippen molar-refractivity contribution in [1.29, 1.82) is 0 Å². The molecule has 162 valence electrons. The van der Waals surface area contributed by atoms with E-state index in [1.165, 1.54) is 12.1 Å². The number of hydrogen-bond donors (Lipinski definition) is 0. The summed E-state index contributed by atoms with van der Waals surface area (Å²) in [6.07, 6.45) is 4.86. The van der Waals surface area contributed by atoms with Crippen LogP contribution in [0.1, 0.15) is 49.6 Å². The molecule has 6 nitrogen and oxygen atoms in total. The van der Waals surface area contributed by atoms with Gasteiger partial charge in [-0.1, -0.05) is 30.1 Å². The summed E-state index contributed by atoms with van der Waals surface area (Å²) in [4.78, 5) is 19.5. The Morgan fingerprint density at radius 2 is 1.90 bits per heavy atom. The molecule has 0 N–H and O–H groups in total. The second-order valence-electron chi connectivity index (χ2n) is 7.74. The fraction of sp³-hybridized carbons (Fsp3) is 0.375. The van der Waals surface area contributed by atoms with Gasteiger partial charge in [-0.15, -0.1) is 0 Å². The van der Waals surface area contributed by atoms with Gasteiger partial charge in [0.15, 0.2) is 0 Å². The van der Waals surface area contributed by atoms with Crippen LogP contribution in [0, 0.1) is 5.82 Å². The van der Waals surface area contributed by atoms with Crippen LogP contribution in [0.5, 0.6) is 5.75 Å². The van der Waals surface area contributed by atoms with E-state index in [1.54, 1.807) is 19.2 Å². The van der Waals surface area contributed by atoms with E-state index < -0.39 is 0 Å². The van der Waals surface area contributed by atoms with Crippen molar-refractivity contribution in [1.82, 2.24) is 15.0 Å². The number of rotatable bonds is 6. The van der Waals surface area contributed by atoms with E-state index in [1.807, 2.05) is 29.2 Å². The quantitative estimate of drug-likeness (QED) is 0.560. The number of aryl methyl sites for hydroxylation is 1. The minimum absolute atomic E-state index is 0.0679. The molecule has 0 radical (unpaired) electrons. The van der Waals surface area contributed by atoms with E-state index in [2.05, 4.69) is 10.1 Å². The zero-order chi connectivity index (χ0) is 21.6. The molecule has 0 bridgehead atoms. The minimum Gasteiger partial charge on any atom is -0.497 e. The Balaban J connectivity index is 1.42. The van der Waals surface area contributed by atoms with Crippen molar-refractivity contribution in [2.75, 3.05) is 13.7 Å². The lowest BCUT2D eigenvalue weighted by atomic mass is 10.00. The van der Waals surface area contributed by atoms with Crippen molar-refractivity contribution in [2.24, 2.45) is 0 Å². The van der Waals surface area contributed by atoms with Crippen molar-refractivity contribution in [2.45, 2.75) is 44.6 Å². The molecule has 1 aliphatic rings. The van der Waals surface area contributed by atoms with Crippen LogP contribution in [0.25, 0.3) is 11.4 Å². The maximum Gasteiger partial charge on any atom is 0.227 e. The predicted octanol–water partition coefficient (Wildman–Crippen LogP) is 4.96. The van der Waals surface area contributed by atoms with Crippen molar-refractivity contribution < 1.29 is 18.4 Å². The van der Waals surface area contributed by atoms with E-state index in [-0.39, 0.29) is 17.8 Å². The summed E-state index contributed by atoms with van der Waals surface area (Å²) in [7, 11) is 1.65. The summed E-state index contributed by atoms with van der Waals surface area (Å²) in [5.74, 6) is 1.38. The molecule has 0 unspecified atom stereocenters. The smallest absolute Gasteiger partial charge is 0.227 e. The molecular weight excluding hydrogens is 397 g/mol. The van der Waals surface area contributed by atoms with Crippen molar-refractivity contribution in [3.05, 3.63) is 65.8 Å². The number of aromatic nitrogens is 2. The van der Waals surface area contributed by atoms with Gasteiger partial charge in [0.05, 0.1) is 13.2 Å². The van der Waals surface area contributed by atoms with Crippen LogP contribution >= 0.6 is 0 Å². The summed E-state index contributed by atoms with van der Waals surface area (Å²) in [6.45, 7) is 0.750. The van der Waals surface area contributed by atoms with Gasteiger partial charge in [-0.2, -0.15) is 4.98 Å². The van der Waals surface area contributed by atoms with Gasteiger partial charge in [0.25, 0.3) is 0 Å². The Morgan fingerprint density at radius 3 is 2.65 bits per heavy atom. The normalized spacial score (nSPS) is 16.7. The Labute approximate surface area is 181 Å². The molecule has 3 aromatic rings. The van der Waals surface area contributed by atoms with E-state index in [4.69, 9.17) is 9.26 Å². The summed E-state index contributed by atoms with van der Waals surface area (Å²) in [6, 6.07) is 14.0. The van der Waals surface area contributed by atoms with Crippen LogP contribution in [0.2, 0.25) is 0 Å². The Hall–Kier alpha value is -3.22. The van der Waals surface area contributed by atoms with Crippen LogP contribution in [-0.2, 0) is 11.2 Å². The summed E-state index contributed by atoms with van der Waals surface area (Å²) in [5, 5.41) is 3.96. The molecule has 0 spiro atoms. The highest BCUT2D eigenvalue weighted by Gasteiger charge is 2.27. The topological polar surface area (TPSA) is 68.5 Å². The number of ether oxygens (including phenoxy) is 1. The van der Waals surface area contributed by atoms with Gasteiger partial charge >= 0.3 is 0 Å². The highest BCUT2D eigenvalue weighted by molar-refractivity contribution is 5.77. The molecular formula is C24H26FN3O3. The molecule has 0 aliphatic carbocycles. The Kier molecular flexibility index (Phi) is 6.60. The maximum absolute atomic E-state index is 13.1. The first-order valence-electron chi connectivity index (χ1n) is 10.7. The molecule has 7 heteroatoms.